The maximum atomic E-state index is 11.8. The van der Waals surface area contributed by atoms with E-state index in [1.165, 1.54) is 17.5 Å². The topological polar surface area (TPSA) is 39.2 Å². The average molecular weight is 235 g/mol. The molecule has 0 N–H and O–H groups in total. The van der Waals surface area contributed by atoms with Gasteiger partial charge in [0.2, 0.25) is 0 Å². The normalized spacial score (nSPS) is 17.2. The molecule has 0 bridgehead atoms. The summed E-state index contributed by atoms with van der Waals surface area (Å²) in [4.78, 5) is 16.4. The second-order valence-corrected chi connectivity index (χ2v) is 4.84. The molecular weight excluding hydrogens is 222 g/mol. The van der Waals surface area contributed by atoms with Gasteiger partial charge in [-0.25, -0.2) is 9.78 Å². The van der Waals surface area contributed by atoms with Gasteiger partial charge < -0.3 is 4.74 Å². The summed E-state index contributed by atoms with van der Waals surface area (Å²) in [5, 5.41) is 0.730. The maximum absolute atomic E-state index is 11.8. The minimum atomic E-state index is -0.435. The second-order valence-electron chi connectivity index (χ2n) is 3.78. The number of esters is 1. The van der Waals surface area contributed by atoms with Crippen molar-refractivity contribution in [2.24, 2.45) is 0 Å². The first-order valence-corrected chi connectivity index (χ1v) is 5.96. The molecule has 2 rings (SSSR count). The second kappa shape index (κ2) is 4.22. The highest BCUT2D eigenvalue weighted by Gasteiger charge is 2.38. The zero-order valence-electron chi connectivity index (χ0n) is 8.94. The summed E-state index contributed by atoms with van der Waals surface area (Å²) in [6.45, 7) is 7.32. The number of aromatic nitrogens is 1. The summed E-state index contributed by atoms with van der Waals surface area (Å²) >= 11 is 1.29. The number of rotatable bonds is 4. The van der Waals surface area contributed by atoms with E-state index >= 15 is 0 Å². The predicted octanol–water partition coefficient (Wildman–Crippen LogP) is 3.05. The van der Waals surface area contributed by atoms with Gasteiger partial charge in [-0.3, -0.25) is 0 Å². The van der Waals surface area contributed by atoms with Crippen LogP contribution in [-0.2, 0) is 4.74 Å². The number of hydrogen-bond acceptors (Lipinski definition) is 4. The van der Waals surface area contributed by atoms with Crippen LogP contribution in [0, 0.1) is 0 Å². The van der Waals surface area contributed by atoms with Crippen LogP contribution in [0.1, 0.15) is 33.9 Å². The number of hydrogen-bond donors (Lipinski definition) is 0. The van der Waals surface area contributed by atoms with Crippen molar-refractivity contribution >= 4 is 23.4 Å². The summed E-state index contributed by atoms with van der Waals surface area (Å²) in [7, 11) is 0. The first-order valence-electron chi connectivity index (χ1n) is 5.14. The highest BCUT2D eigenvalue weighted by atomic mass is 32.1. The first kappa shape index (κ1) is 11.1. The molecule has 0 spiro atoms. The van der Waals surface area contributed by atoms with Gasteiger partial charge in [0.05, 0.1) is 6.20 Å². The van der Waals surface area contributed by atoms with Crippen molar-refractivity contribution < 1.29 is 9.53 Å². The van der Waals surface area contributed by atoms with Crippen LogP contribution in [0.2, 0.25) is 0 Å². The lowest BCUT2D eigenvalue weighted by molar-refractivity contribution is -0.0309. The SMILES string of the molecule is C=Cc1ncc(C(=O)OC2(C=C)CCC2)s1. The zero-order valence-corrected chi connectivity index (χ0v) is 9.76. The molecule has 0 aromatic carbocycles. The fourth-order valence-electron chi connectivity index (χ4n) is 1.58. The van der Waals surface area contributed by atoms with Gasteiger partial charge in [0.25, 0.3) is 0 Å². The van der Waals surface area contributed by atoms with Gasteiger partial charge in [-0.1, -0.05) is 13.2 Å². The molecule has 0 saturated heterocycles. The Labute approximate surface area is 98.5 Å². The number of thiazole rings is 1. The van der Waals surface area contributed by atoms with Gasteiger partial charge >= 0.3 is 5.97 Å². The summed E-state index contributed by atoms with van der Waals surface area (Å²) < 4.78 is 5.45. The summed E-state index contributed by atoms with van der Waals surface area (Å²) in [6, 6.07) is 0. The molecule has 0 aliphatic heterocycles. The smallest absolute Gasteiger partial charge is 0.350 e. The fraction of sp³-hybridized carbons (Fsp3) is 0.333. The number of carbonyl (C=O) groups is 1. The summed E-state index contributed by atoms with van der Waals surface area (Å²) in [6.07, 6.45) is 7.70. The van der Waals surface area contributed by atoms with E-state index in [1.54, 1.807) is 12.2 Å². The van der Waals surface area contributed by atoms with Gasteiger partial charge in [-0.15, -0.1) is 11.3 Å². The van der Waals surface area contributed by atoms with E-state index in [2.05, 4.69) is 18.1 Å². The molecule has 84 valence electrons. The lowest BCUT2D eigenvalue weighted by Gasteiger charge is -2.37. The van der Waals surface area contributed by atoms with Crippen LogP contribution in [0.4, 0.5) is 0 Å². The molecule has 1 heterocycles. The molecule has 1 fully saturated rings. The Morgan fingerprint density at radius 1 is 1.56 bits per heavy atom. The largest absolute Gasteiger partial charge is 0.451 e. The minimum absolute atomic E-state index is 0.315. The van der Waals surface area contributed by atoms with Crippen LogP contribution < -0.4 is 0 Å². The molecular formula is C12H13NO2S. The molecule has 1 aromatic heterocycles. The van der Waals surface area contributed by atoms with Crippen molar-refractivity contribution in [1.82, 2.24) is 4.98 Å². The Kier molecular flexibility index (Phi) is 2.92. The molecule has 0 amide bonds. The van der Waals surface area contributed by atoms with Crippen LogP contribution in [0.15, 0.2) is 25.4 Å². The molecule has 1 aliphatic carbocycles. The van der Waals surface area contributed by atoms with Gasteiger partial charge in [0.1, 0.15) is 15.5 Å². The third kappa shape index (κ3) is 1.93. The molecule has 3 nitrogen and oxygen atoms in total. The van der Waals surface area contributed by atoms with Crippen LogP contribution in [0.25, 0.3) is 6.08 Å². The third-order valence-electron chi connectivity index (χ3n) is 2.77. The van der Waals surface area contributed by atoms with Crippen LogP contribution in [-0.4, -0.2) is 16.6 Å². The Morgan fingerprint density at radius 3 is 2.75 bits per heavy atom. The minimum Gasteiger partial charge on any atom is -0.451 e. The van der Waals surface area contributed by atoms with Crippen molar-refractivity contribution in [3.63, 3.8) is 0 Å². The lowest BCUT2D eigenvalue weighted by atomic mass is 9.80. The van der Waals surface area contributed by atoms with Gasteiger partial charge in [0.15, 0.2) is 0 Å². The molecule has 1 aliphatic rings. The summed E-state index contributed by atoms with van der Waals surface area (Å²) in [5.74, 6) is -0.315. The number of nitrogens with zero attached hydrogens (tertiary/aromatic N) is 1. The first-order chi connectivity index (χ1) is 7.69. The standard InChI is InChI=1S/C12H13NO2S/c1-3-10-13-8-9(16-10)11(14)15-12(4-2)6-5-7-12/h3-4,8H,1-2,5-7H2. The third-order valence-corrected chi connectivity index (χ3v) is 3.74. The Hall–Kier alpha value is -1.42. The maximum Gasteiger partial charge on any atom is 0.350 e. The van der Waals surface area contributed by atoms with E-state index < -0.39 is 5.60 Å². The van der Waals surface area contributed by atoms with E-state index in [1.807, 2.05) is 0 Å². The predicted molar refractivity (Wildman–Crippen MR) is 64.4 cm³/mol. The van der Waals surface area contributed by atoms with E-state index in [0.717, 1.165) is 24.3 Å². The van der Waals surface area contributed by atoms with E-state index in [9.17, 15) is 4.79 Å². The van der Waals surface area contributed by atoms with Crippen molar-refractivity contribution in [1.29, 1.82) is 0 Å². The molecule has 0 unspecified atom stereocenters. The van der Waals surface area contributed by atoms with Crippen molar-refractivity contribution in [2.75, 3.05) is 0 Å². The Balaban J connectivity index is 2.07. The highest BCUT2D eigenvalue weighted by molar-refractivity contribution is 7.14. The van der Waals surface area contributed by atoms with E-state index in [0.29, 0.717) is 4.88 Å². The molecule has 16 heavy (non-hydrogen) atoms. The van der Waals surface area contributed by atoms with Gasteiger partial charge in [-0.05, 0) is 31.4 Å². The van der Waals surface area contributed by atoms with Crippen molar-refractivity contribution in [3.05, 3.63) is 35.3 Å². The molecule has 1 aromatic rings. The van der Waals surface area contributed by atoms with Crippen LogP contribution in [0.3, 0.4) is 0 Å². The zero-order chi connectivity index (χ0) is 11.6. The monoisotopic (exact) mass is 235 g/mol. The van der Waals surface area contributed by atoms with E-state index in [-0.39, 0.29) is 5.97 Å². The molecule has 0 atom stereocenters. The van der Waals surface area contributed by atoms with Crippen LogP contribution in [0.5, 0.6) is 0 Å². The fourth-order valence-corrected chi connectivity index (χ4v) is 2.23. The lowest BCUT2D eigenvalue weighted by Crippen LogP contribution is -2.39. The highest BCUT2D eigenvalue weighted by Crippen LogP contribution is 2.37. The summed E-state index contributed by atoms with van der Waals surface area (Å²) in [5.41, 5.74) is -0.435. The average Bonchev–Trinajstić information content (AvgIpc) is 2.71. The van der Waals surface area contributed by atoms with Crippen LogP contribution >= 0.6 is 11.3 Å². The quantitative estimate of drug-likeness (QED) is 0.594. The van der Waals surface area contributed by atoms with Crippen molar-refractivity contribution in [2.45, 2.75) is 24.9 Å². The van der Waals surface area contributed by atoms with Gasteiger partial charge in [-0.2, -0.15) is 0 Å². The molecule has 4 heteroatoms. The Morgan fingerprint density at radius 2 is 2.31 bits per heavy atom. The van der Waals surface area contributed by atoms with E-state index in [4.69, 9.17) is 4.74 Å². The molecule has 0 radical (unpaired) electrons. The van der Waals surface area contributed by atoms with Crippen molar-refractivity contribution in [3.8, 4) is 0 Å². The van der Waals surface area contributed by atoms with Gasteiger partial charge in [0, 0.05) is 0 Å². The number of carbonyl (C=O) groups excluding carboxylic acids is 1. The molecule has 1 saturated carbocycles. The Bertz CT molecular complexity index is 432. The number of ether oxygens (including phenoxy) is 1.